The van der Waals surface area contributed by atoms with Gasteiger partial charge in [0.15, 0.2) is 9.84 Å². The molecule has 16 heavy (non-hydrogen) atoms. The van der Waals surface area contributed by atoms with Crippen LogP contribution < -0.4 is 5.32 Å². The van der Waals surface area contributed by atoms with E-state index in [1.54, 1.807) is 20.8 Å². The summed E-state index contributed by atoms with van der Waals surface area (Å²) in [6, 6.07) is 0. The molecule has 0 amide bonds. The first-order valence-electron chi connectivity index (χ1n) is 5.95. The monoisotopic (exact) mass is 249 g/mol. The smallest absolute Gasteiger partial charge is 0.155 e. The zero-order valence-corrected chi connectivity index (χ0v) is 12.4. The standard InChI is InChI=1S/C12H27NO2S/c1-7-12(5,10-13-6)8-9-16(14,15)11(2,3)4/h13H,7-10H2,1-6H3. The van der Waals surface area contributed by atoms with Gasteiger partial charge in [0.2, 0.25) is 0 Å². The summed E-state index contributed by atoms with van der Waals surface area (Å²) in [7, 11) is -1.08. The Morgan fingerprint density at radius 2 is 1.62 bits per heavy atom. The third-order valence-electron chi connectivity index (χ3n) is 3.36. The van der Waals surface area contributed by atoms with Gasteiger partial charge in [0.05, 0.1) is 10.5 Å². The van der Waals surface area contributed by atoms with Gasteiger partial charge in [-0.05, 0) is 46.1 Å². The molecular weight excluding hydrogens is 222 g/mol. The summed E-state index contributed by atoms with van der Waals surface area (Å²) in [4.78, 5) is 0. The fraction of sp³-hybridized carbons (Fsp3) is 1.00. The van der Waals surface area contributed by atoms with Crippen molar-refractivity contribution in [1.29, 1.82) is 0 Å². The molecule has 0 aromatic rings. The molecule has 0 radical (unpaired) electrons. The molecule has 1 atom stereocenters. The zero-order chi connectivity index (χ0) is 13.0. The highest BCUT2D eigenvalue weighted by Crippen LogP contribution is 2.27. The first-order valence-corrected chi connectivity index (χ1v) is 7.60. The summed E-state index contributed by atoms with van der Waals surface area (Å²) >= 11 is 0. The summed E-state index contributed by atoms with van der Waals surface area (Å²) in [5, 5.41) is 3.14. The van der Waals surface area contributed by atoms with E-state index in [-0.39, 0.29) is 11.2 Å². The van der Waals surface area contributed by atoms with Crippen molar-refractivity contribution in [2.75, 3.05) is 19.3 Å². The topological polar surface area (TPSA) is 46.2 Å². The lowest BCUT2D eigenvalue weighted by Gasteiger charge is -2.29. The maximum absolute atomic E-state index is 12.0. The minimum atomic E-state index is -2.99. The van der Waals surface area contributed by atoms with Gasteiger partial charge in [-0.3, -0.25) is 0 Å². The molecule has 0 aliphatic heterocycles. The van der Waals surface area contributed by atoms with Gasteiger partial charge in [-0.15, -0.1) is 0 Å². The molecule has 0 bridgehead atoms. The van der Waals surface area contributed by atoms with Crippen molar-refractivity contribution in [3.63, 3.8) is 0 Å². The van der Waals surface area contributed by atoms with Gasteiger partial charge in [-0.25, -0.2) is 8.42 Å². The van der Waals surface area contributed by atoms with Crippen molar-refractivity contribution in [2.24, 2.45) is 5.41 Å². The second-order valence-electron chi connectivity index (χ2n) is 5.88. The second-order valence-corrected chi connectivity index (χ2v) is 8.74. The Kier molecular flexibility index (Phi) is 5.47. The van der Waals surface area contributed by atoms with E-state index in [0.717, 1.165) is 19.4 Å². The molecule has 98 valence electrons. The quantitative estimate of drug-likeness (QED) is 0.785. The van der Waals surface area contributed by atoms with Gasteiger partial charge in [0, 0.05) is 6.54 Å². The van der Waals surface area contributed by atoms with Crippen LogP contribution in [-0.2, 0) is 9.84 Å². The van der Waals surface area contributed by atoms with Crippen LogP contribution in [0.4, 0.5) is 0 Å². The van der Waals surface area contributed by atoms with E-state index < -0.39 is 14.6 Å². The molecule has 0 aliphatic rings. The Labute approximate surface area is 101 Å². The van der Waals surface area contributed by atoms with Gasteiger partial charge in [0.25, 0.3) is 0 Å². The Balaban J connectivity index is 4.56. The average molecular weight is 249 g/mol. The normalized spacial score (nSPS) is 17.1. The predicted octanol–water partition coefficient (Wildman–Crippen LogP) is 2.23. The van der Waals surface area contributed by atoms with Crippen LogP contribution in [0.2, 0.25) is 0 Å². The highest BCUT2D eigenvalue weighted by atomic mass is 32.2. The SMILES string of the molecule is CCC(C)(CCS(=O)(=O)C(C)(C)C)CNC. The van der Waals surface area contributed by atoms with E-state index in [9.17, 15) is 8.42 Å². The third kappa shape index (κ3) is 4.42. The maximum atomic E-state index is 12.0. The average Bonchev–Trinajstić information content (AvgIpc) is 2.14. The Morgan fingerprint density at radius 3 is 1.94 bits per heavy atom. The van der Waals surface area contributed by atoms with Crippen molar-refractivity contribution in [3.05, 3.63) is 0 Å². The fourth-order valence-corrected chi connectivity index (χ4v) is 2.88. The van der Waals surface area contributed by atoms with Crippen molar-refractivity contribution < 1.29 is 8.42 Å². The molecule has 1 N–H and O–H groups in total. The number of sulfone groups is 1. The molecule has 0 heterocycles. The van der Waals surface area contributed by atoms with Crippen LogP contribution in [0.25, 0.3) is 0 Å². The number of hydrogen-bond acceptors (Lipinski definition) is 3. The molecule has 0 aromatic heterocycles. The van der Waals surface area contributed by atoms with Crippen LogP contribution in [0.1, 0.15) is 47.5 Å². The van der Waals surface area contributed by atoms with E-state index >= 15 is 0 Å². The Hall–Kier alpha value is -0.0900. The molecule has 0 rings (SSSR count). The van der Waals surface area contributed by atoms with Crippen LogP contribution in [0.5, 0.6) is 0 Å². The molecule has 0 saturated carbocycles. The lowest BCUT2D eigenvalue weighted by Crippen LogP contribution is -2.35. The predicted molar refractivity (Wildman–Crippen MR) is 70.5 cm³/mol. The summed E-state index contributed by atoms with van der Waals surface area (Å²) in [5.74, 6) is 0.280. The molecule has 4 heteroatoms. The first kappa shape index (κ1) is 15.9. The molecule has 1 unspecified atom stereocenters. The minimum absolute atomic E-state index is 0.0765. The van der Waals surface area contributed by atoms with E-state index in [1.165, 1.54) is 0 Å². The van der Waals surface area contributed by atoms with E-state index in [4.69, 9.17) is 0 Å². The molecular formula is C12H27NO2S. The molecule has 0 saturated heterocycles. The highest BCUT2D eigenvalue weighted by Gasteiger charge is 2.31. The van der Waals surface area contributed by atoms with Crippen LogP contribution in [0.3, 0.4) is 0 Å². The molecule has 3 nitrogen and oxygen atoms in total. The van der Waals surface area contributed by atoms with Crippen LogP contribution in [-0.4, -0.2) is 32.5 Å². The van der Waals surface area contributed by atoms with Crippen molar-refractivity contribution in [1.82, 2.24) is 5.32 Å². The van der Waals surface area contributed by atoms with Crippen LogP contribution in [0.15, 0.2) is 0 Å². The number of hydrogen-bond donors (Lipinski definition) is 1. The lowest BCUT2D eigenvalue weighted by molar-refractivity contribution is 0.290. The van der Waals surface area contributed by atoms with Crippen LogP contribution in [0, 0.1) is 5.41 Å². The largest absolute Gasteiger partial charge is 0.319 e. The molecule has 0 fully saturated rings. The van der Waals surface area contributed by atoms with E-state index in [2.05, 4.69) is 19.2 Å². The summed E-state index contributed by atoms with van der Waals surface area (Å²) in [5.41, 5.74) is 0.0765. The number of rotatable bonds is 6. The lowest BCUT2D eigenvalue weighted by atomic mass is 9.85. The van der Waals surface area contributed by atoms with Gasteiger partial charge in [-0.2, -0.15) is 0 Å². The van der Waals surface area contributed by atoms with Gasteiger partial charge in [-0.1, -0.05) is 13.8 Å². The summed E-state index contributed by atoms with van der Waals surface area (Å²) in [6.45, 7) is 10.4. The van der Waals surface area contributed by atoms with E-state index in [1.807, 2.05) is 7.05 Å². The molecule has 0 spiro atoms. The minimum Gasteiger partial charge on any atom is -0.319 e. The maximum Gasteiger partial charge on any atom is 0.155 e. The van der Waals surface area contributed by atoms with Gasteiger partial charge < -0.3 is 5.32 Å². The van der Waals surface area contributed by atoms with Crippen LogP contribution >= 0.6 is 0 Å². The van der Waals surface area contributed by atoms with Crippen molar-refractivity contribution in [2.45, 2.75) is 52.2 Å². The Morgan fingerprint density at radius 1 is 1.12 bits per heavy atom. The van der Waals surface area contributed by atoms with Gasteiger partial charge >= 0.3 is 0 Å². The highest BCUT2D eigenvalue weighted by molar-refractivity contribution is 7.92. The third-order valence-corrected chi connectivity index (χ3v) is 5.97. The Bertz CT molecular complexity index is 303. The second kappa shape index (κ2) is 5.50. The van der Waals surface area contributed by atoms with Gasteiger partial charge in [0.1, 0.15) is 0 Å². The first-order chi connectivity index (χ1) is 7.08. The molecule has 0 aromatic carbocycles. The summed E-state index contributed by atoms with van der Waals surface area (Å²) < 4.78 is 23.4. The molecule has 0 aliphatic carbocycles. The summed E-state index contributed by atoms with van der Waals surface area (Å²) in [6.07, 6.45) is 1.72. The van der Waals surface area contributed by atoms with Crippen molar-refractivity contribution >= 4 is 9.84 Å². The zero-order valence-electron chi connectivity index (χ0n) is 11.6. The van der Waals surface area contributed by atoms with Crippen molar-refractivity contribution in [3.8, 4) is 0 Å². The fourth-order valence-electron chi connectivity index (χ4n) is 1.50. The van der Waals surface area contributed by atoms with E-state index in [0.29, 0.717) is 0 Å². The number of nitrogens with one attached hydrogen (secondary N) is 1.